The van der Waals surface area contributed by atoms with Gasteiger partial charge in [0.15, 0.2) is 0 Å². The number of carbonyl (C=O) groups excluding carboxylic acids is 1. The monoisotopic (exact) mass is 293 g/mol. The van der Waals surface area contributed by atoms with Crippen LogP contribution in [0.5, 0.6) is 5.75 Å². The van der Waals surface area contributed by atoms with Gasteiger partial charge in [-0.25, -0.2) is 4.79 Å². The van der Waals surface area contributed by atoms with E-state index in [1.807, 2.05) is 54.6 Å². The molecule has 0 saturated heterocycles. The van der Waals surface area contributed by atoms with Crippen LogP contribution in [-0.2, 0) is 16.2 Å². The molecule has 0 radical (unpaired) electrons. The Morgan fingerprint density at radius 1 is 1.09 bits per heavy atom. The molecule has 2 aromatic carbocycles. The molecule has 4 heteroatoms. The minimum absolute atomic E-state index is 0.415. The number of benzene rings is 2. The predicted octanol–water partition coefficient (Wildman–Crippen LogP) is 3.58. The van der Waals surface area contributed by atoms with Crippen molar-refractivity contribution in [1.82, 2.24) is 0 Å². The molecule has 0 bridgehead atoms. The maximum absolute atomic E-state index is 11.5. The number of rotatable bonds is 4. The fraction of sp³-hybridized carbons (Fsp3) is 0.111. The maximum atomic E-state index is 11.5. The molecule has 2 aromatic rings. The van der Waals surface area contributed by atoms with Crippen LogP contribution in [0.1, 0.15) is 18.1 Å². The van der Waals surface area contributed by atoms with Crippen molar-refractivity contribution in [3.05, 3.63) is 71.3 Å². The van der Waals surface area contributed by atoms with Crippen molar-refractivity contribution in [2.75, 3.05) is 0 Å². The summed E-state index contributed by atoms with van der Waals surface area (Å²) in [5.74, 6) is 0.368. The lowest BCUT2D eigenvalue weighted by molar-refractivity contribution is -0.136. The molecule has 0 aliphatic carbocycles. The first kappa shape index (κ1) is 14.1. The Kier molecular flexibility index (Phi) is 4.01. The van der Waals surface area contributed by atoms with Crippen molar-refractivity contribution in [3.63, 3.8) is 0 Å². The summed E-state index contributed by atoms with van der Waals surface area (Å²) in [5.41, 5.74) is 3.09. The maximum Gasteiger partial charge on any atom is 0.367 e. The number of ether oxygens (including phenoxy) is 1. The van der Waals surface area contributed by atoms with Gasteiger partial charge in [0.1, 0.15) is 12.4 Å². The highest BCUT2D eigenvalue weighted by atomic mass is 16.7. The van der Waals surface area contributed by atoms with Crippen LogP contribution >= 0.6 is 0 Å². The van der Waals surface area contributed by atoms with Gasteiger partial charge in [0.05, 0.1) is 11.3 Å². The van der Waals surface area contributed by atoms with Crippen LogP contribution in [-0.4, -0.2) is 11.7 Å². The molecule has 0 saturated carbocycles. The Hall–Kier alpha value is -2.88. The molecule has 1 heterocycles. The van der Waals surface area contributed by atoms with E-state index in [0.717, 1.165) is 16.9 Å². The van der Waals surface area contributed by atoms with Crippen LogP contribution in [0, 0.1) is 0 Å². The van der Waals surface area contributed by atoms with E-state index in [9.17, 15) is 4.79 Å². The third-order valence-electron chi connectivity index (χ3n) is 3.31. The van der Waals surface area contributed by atoms with Gasteiger partial charge >= 0.3 is 5.97 Å². The predicted molar refractivity (Wildman–Crippen MR) is 84.4 cm³/mol. The Morgan fingerprint density at radius 3 is 2.45 bits per heavy atom. The fourth-order valence-electron chi connectivity index (χ4n) is 2.09. The normalized spacial score (nSPS) is 15.6. The van der Waals surface area contributed by atoms with Gasteiger partial charge in [0, 0.05) is 0 Å². The molecular weight excluding hydrogens is 278 g/mol. The van der Waals surface area contributed by atoms with Gasteiger partial charge in [-0.3, -0.25) is 0 Å². The third-order valence-corrected chi connectivity index (χ3v) is 3.31. The van der Waals surface area contributed by atoms with Crippen LogP contribution in [0.2, 0.25) is 0 Å². The standard InChI is InChI=1S/C18H15NO3/c1-13-17(18(20)22-19-13)11-14-7-9-16(10-8-14)21-12-15-5-3-2-4-6-15/h2-11H,12H2,1H3/b17-11+. The zero-order chi connectivity index (χ0) is 15.4. The van der Waals surface area contributed by atoms with Crippen LogP contribution in [0.3, 0.4) is 0 Å². The average Bonchev–Trinajstić information content (AvgIpc) is 2.87. The van der Waals surface area contributed by atoms with Crippen LogP contribution in [0.15, 0.2) is 65.3 Å². The second kappa shape index (κ2) is 6.26. The Balaban J connectivity index is 1.67. The van der Waals surface area contributed by atoms with E-state index >= 15 is 0 Å². The molecule has 0 amide bonds. The first-order valence-electron chi connectivity index (χ1n) is 6.97. The van der Waals surface area contributed by atoms with Crippen molar-refractivity contribution in [1.29, 1.82) is 0 Å². The van der Waals surface area contributed by atoms with Gasteiger partial charge in [-0.05, 0) is 36.3 Å². The highest BCUT2D eigenvalue weighted by Gasteiger charge is 2.21. The summed E-state index contributed by atoms with van der Waals surface area (Å²) >= 11 is 0. The second-order valence-corrected chi connectivity index (χ2v) is 4.96. The molecule has 22 heavy (non-hydrogen) atoms. The lowest BCUT2D eigenvalue weighted by Crippen LogP contribution is -2.01. The zero-order valence-corrected chi connectivity index (χ0v) is 12.2. The van der Waals surface area contributed by atoms with E-state index in [0.29, 0.717) is 17.9 Å². The number of hydrogen-bond acceptors (Lipinski definition) is 4. The van der Waals surface area contributed by atoms with E-state index in [1.54, 1.807) is 13.0 Å². The van der Waals surface area contributed by atoms with Crippen molar-refractivity contribution in [2.24, 2.45) is 5.16 Å². The number of oxime groups is 1. The number of nitrogens with zero attached hydrogens (tertiary/aromatic N) is 1. The number of hydrogen-bond donors (Lipinski definition) is 0. The van der Waals surface area contributed by atoms with E-state index in [2.05, 4.69) is 9.99 Å². The van der Waals surface area contributed by atoms with Crippen molar-refractivity contribution in [2.45, 2.75) is 13.5 Å². The minimum Gasteiger partial charge on any atom is -0.489 e. The fourth-order valence-corrected chi connectivity index (χ4v) is 2.09. The van der Waals surface area contributed by atoms with Crippen molar-refractivity contribution in [3.8, 4) is 5.75 Å². The quantitative estimate of drug-likeness (QED) is 0.639. The molecule has 0 spiro atoms. The summed E-state index contributed by atoms with van der Waals surface area (Å²) in [6.45, 7) is 2.27. The first-order chi connectivity index (χ1) is 10.7. The molecule has 1 aliphatic heterocycles. The van der Waals surface area contributed by atoms with E-state index in [-0.39, 0.29) is 0 Å². The highest BCUT2D eigenvalue weighted by molar-refractivity contribution is 6.24. The van der Waals surface area contributed by atoms with Gasteiger partial charge in [-0.1, -0.05) is 47.6 Å². The molecule has 0 unspecified atom stereocenters. The van der Waals surface area contributed by atoms with Gasteiger partial charge in [-0.2, -0.15) is 0 Å². The zero-order valence-electron chi connectivity index (χ0n) is 12.2. The van der Waals surface area contributed by atoms with Crippen LogP contribution < -0.4 is 4.74 Å². The van der Waals surface area contributed by atoms with Crippen molar-refractivity contribution < 1.29 is 14.4 Å². The average molecular weight is 293 g/mol. The summed E-state index contributed by atoms with van der Waals surface area (Å²) in [7, 11) is 0. The van der Waals surface area contributed by atoms with E-state index in [4.69, 9.17) is 4.74 Å². The van der Waals surface area contributed by atoms with Crippen LogP contribution in [0.25, 0.3) is 6.08 Å². The molecule has 3 rings (SSSR count). The van der Waals surface area contributed by atoms with Gasteiger partial charge in [0.2, 0.25) is 0 Å². The smallest absolute Gasteiger partial charge is 0.367 e. The minimum atomic E-state index is -0.415. The largest absolute Gasteiger partial charge is 0.489 e. The Morgan fingerprint density at radius 2 is 1.82 bits per heavy atom. The summed E-state index contributed by atoms with van der Waals surface area (Å²) in [6, 6.07) is 17.5. The van der Waals surface area contributed by atoms with Gasteiger partial charge in [0.25, 0.3) is 0 Å². The summed E-state index contributed by atoms with van der Waals surface area (Å²) < 4.78 is 5.72. The summed E-state index contributed by atoms with van der Waals surface area (Å²) in [5, 5.41) is 3.65. The Bertz CT molecular complexity index is 731. The molecule has 110 valence electrons. The first-order valence-corrected chi connectivity index (χ1v) is 6.97. The number of carbonyl (C=O) groups is 1. The molecular formula is C18H15NO3. The molecule has 0 N–H and O–H groups in total. The van der Waals surface area contributed by atoms with Gasteiger partial charge in [-0.15, -0.1) is 0 Å². The molecule has 0 aromatic heterocycles. The summed E-state index contributed by atoms with van der Waals surface area (Å²) in [6.07, 6.45) is 1.76. The third kappa shape index (κ3) is 3.23. The molecule has 0 atom stereocenters. The second-order valence-electron chi connectivity index (χ2n) is 4.96. The van der Waals surface area contributed by atoms with Crippen molar-refractivity contribution >= 4 is 17.8 Å². The van der Waals surface area contributed by atoms with E-state index in [1.165, 1.54) is 0 Å². The molecule has 4 nitrogen and oxygen atoms in total. The summed E-state index contributed by atoms with van der Waals surface area (Å²) in [4.78, 5) is 16.1. The lowest BCUT2D eigenvalue weighted by Gasteiger charge is -2.06. The van der Waals surface area contributed by atoms with Gasteiger partial charge < -0.3 is 9.57 Å². The topological polar surface area (TPSA) is 47.9 Å². The lowest BCUT2D eigenvalue weighted by atomic mass is 10.1. The Labute approximate surface area is 128 Å². The highest BCUT2D eigenvalue weighted by Crippen LogP contribution is 2.19. The molecule has 1 aliphatic rings. The van der Waals surface area contributed by atoms with E-state index < -0.39 is 5.97 Å². The SMILES string of the molecule is CC1=NOC(=O)/C1=C/c1ccc(OCc2ccccc2)cc1. The van der Waals surface area contributed by atoms with Crippen LogP contribution in [0.4, 0.5) is 0 Å². The molecule has 0 fully saturated rings.